The van der Waals surface area contributed by atoms with Crippen LogP contribution in [0, 0.1) is 11.3 Å². The molecule has 0 aromatic carbocycles. The number of hydrogen-bond donors (Lipinski definition) is 1. The van der Waals surface area contributed by atoms with Crippen molar-refractivity contribution in [2.24, 2.45) is 5.41 Å². The summed E-state index contributed by atoms with van der Waals surface area (Å²) in [6.45, 7) is 7.16. The van der Waals surface area contributed by atoms with E-state index in [0.29, 0.717) is 16.3 Å². The lowest BCUT2D eigenvalue weighted by Gasteiger charge is -2.48. The topological polar surface area (TPSA) is 12.0 Å². The number of nitrogens with one attached hydrogen (secondary N) is 1. The molecule has 0 amide bonds. The Kier molecular flexibility index (Phi) is 4.78. The van der Waals surface area contributed by atoms with Crippen LogP contribution in [0.4, 0.5) is 0 Å². The van der Waals surface area contributed by atoms with Crippen LogP contribution < -0.4 is 5.32 Å². The lowest BCUT2D eigenvalue weighted by Crippen LogP contribution is -2.62. The Morgan fingerprint density at radius 3 is 2.45 bits per heavy atom. The van der Waals surface area contributed by atoms with Gasteiger partial charge in [-0.1, -0.05) is 31.9 Å². The molecule has 20 heavy (non-hydrogen) atoms. The lowest BCUT2D eigenvalue weighted by atomic mass is 9.69. The van der Waals surface area contributed by atoms with Crippen LogP contribution >= 0.6 is 43.6 Å². The van der Waals surface area contributed by atoms with Crippen LogP contribution in [0.25, 0.3) is 0 Å². The second-order valence-corrected chi connectivity index (χ2v) is 11.8. The van der Waals surface area contributed by atoms with Gasteiger partial charge < -0.3 is 0 Å². The second kappa shape index (κ2) is 5.98. The fraction of sp³-hybridized carbons (Fsp3) is 0.938. The Balaban J connectivity index is 1.77. The maximum absolute atomic E-state index is 4.06. The van der Waals surface area contributed by atoms with E-state index in [1.807, 2.05) is 0 Å². The molecule has 4 heteroatoms. The fourth-order valence-corrected chi connectivity index (χ4v) is 7.91. The molecule has 0 spiro atoms. The predicted molar refractivity (Wildman–Crippen MR) is 97.1 cm³/mol. The van der Waals surface area contributed by atoms with Crippen molar-refractivity contribution in [2.45, 2.75) is 85.1 Å². The first kappa shape index (κ1) is 16.0. The molecule has 1 saturated heterocycles. The number of alkyl halides is 2. The van der Waals surface area contributed by atoms with Gasteiger partial charge in [-0.25, -0.2) is 0 Å². The summed E-state index contributed by atoms with van der Waals surface area (Å²) in [5.74, 6) is 1.74. The van der Waals surface area contributed by atoms with E-state index in [1.165, 1.54) is 32.1 Å². The van der Waals surface area contributed by atoms with E-state index >= 15 is 0 Å². The number of halogens is 2. The first-order chi connectivity index (χ1) is 9.34. The molecule has 0 radical (unpaired) electrons. The minimum atomic E-state index is 0.322. The van der Waals surface area contributed by atoms with Gasteiger partial charge >= 0.3 is 0 Å². The zero-order valence-electron chi connectivity index (χ0n) is 12.7. The Morgan fingerprint density at radius 1 is 1.05 bits per heavy atom. The Labute approximate surface area is 145 Å². The molecular formula is C16H26Br2NS+. The smallest absolute Gasteiger partial charge is 0.164 e. The van der Waals surface area contributed by atoms with Gasteiger partial charge in [0.05, 0.1) is 10.1 Å². The number of hydrogen-bond acceptors (Lipinski definition) is 2. The number of fused-ring (bicyclic) bond motifs is 2. The van der Waals surface area contributed by atoms with Crippen LogP contribution in [0.15, 0.2) is 0 Å². The second-order valence-electron chi connectivity index (χ2n) is 7.69. The standard InChI is InChI=1S/C16H26Br2NS/c1-16(2,3)11-6-10(18)8-14-15(11)19-12-5-4-9(17)7-13(12)20-14/h9-10,12-15,19H,4-8H2,1-3H3/q+1. The summed E-state index contributed by atoms with van der Waals surface area (Å²) in [5, 5.41) is 5.63. The third-order valence-corrected chi connectivity index (χ3v) is 8.32. The van der Waals surface area contributed by atoms with E-state index < -0.39 is 0 Å². The van der Waals surface area contributed by atoms with Gasteiger partial charge in [0.25, 0.3) is 0 Å². The van der Waals surface area contributed by atoms with Gasteiger partial charge in [-0.15, -0.1) is 11.8 Å². The quantitative estimate of drug-likeness (QED) is 0.438. The molecule has 1 N–H and O–H groups in total. The molecule has 3 fully saturated rings. The third-order valence-electron chi connectivity index (χ3n) is 5.11. The van der Waals surface area contributed by atoms with Crippen molar-refractivity contribution in [3.8, 4) is 0 Å². The largest absolute Gasteiger partial charge is 0.272 e. The highest BCUT2D eigenvalue weighted by Crippen LogP contribution is 2.50. The molecule has 1 aliphatic heterocycles. The van der Waals surface area contributed by atoms with Gasteiger partial charge in [-0.05, 0) is 46.5 Å². The van der Waals surface area contributed by atoms with Crippen molar-refractivity contribution in [3.05, 3.63) is 5.92 Å². The van der Waals surface area contributed by atoms with E-state index in [0.717, 1.165) is 21.4 Å². The molecule has 6 atom stereocenters. The molecule has 2 saturated carbocycles. The average Bonchev–Trinajstić information content (AvgIpc) is 2.34. The number of rotatable bonds is 0. The van der Waals surface area contributed by atoms with E-state index in [2.05, 4.69) is 69.7 Å². The molecule has 3 aliphatic rings. The zero-order valence-corrected chi connectivity index (χ0v) is 16.7. The summed E-state index contributed by atoms with van der Waals surface area (Å²) < 4.78 is 0. The molecule has 0 aromatic rings. The van der Waals surface area contributed by atoms with E-state index in [1.54, 1.807) is 5.92 Å². The zero-order chi connectivity index (χ0) is 14.5. The maximum Gasteiger partial charge on any atom is 0.164 e. The van der Waals surface area contributed by atoms with Crippen molar-refractivity contribution in [1.82, 2.24) is 5.32 Å². The monoisotopic (exact) mass is 422 g/mol. The summed E-state index contributed by atoms with van der Waals surface area (Å²) in [7, 11) is 0. The first-order valence-corrected chi connectivity index (χ1v) is 10.7. The van der Waals surface area contributed by atoms with Crippen molar-refractivity contribution in [3.63, 3.8) is 0 Å². The Bertz CT molecular complexity index is 357. The molecule has 2 aliphatic carbocycles. The van der Waals surface area contributed by atoms with Gasteiger partial charge in [0.1, 0.15) is 17.8 Å². The molecule has 6 unspecified atom stereocenters. The van der Waals surface area contributed by atoms with Gasteiger partial charge in [0.2, 0.25) is 0 Å². The minimum Gasteiger partial charge on any atom is -0.272 e. The average molecular weight is 424 g/mol. The van der Waals surface area contributed by atoms with E-state index in [9.17, 15) is 0 Å². The highest BCUT2D eigenvalue weighted by Gasteiger charge is 2.55. The molecular weight excluding hydrogens is 398 g/mol. The van der Waals surface area contributed by atoms with E-state index in [4.69, 9.17) is 0 Å². The highest BCUT2D eigenvalue weighted by molar-refractivity contribution is 9.09. The Hall–Kier alpha value is 1.14. The van der Waals surface area contributed by atoms with Crippen LogP contribution in [-0.2, 0) is 0 Å². The molecule has 0 bridgehead atoms. The summed E-state index contributed by atoms with van der Waals surface area (Å²) in [6, 6.07) is 1.38. The van der Waals surface area contributed by atoms with Gasteiger partial charge in [-0.2, -0.15) is 0 Å². The van der Waals surface area contributed by atoms with Crippen molar-refractivity contribution in [2.75, 3.05) is 0 Å². The van der Waals surface area contributed by atoms with Crippen LogP contribution in [0.1, 0.15) is 52.9 Å². The Morgan fingerprint density at radius 2 is 1.75 bits per heavy atom. The molecule has 1 nitrogen and oxygen atoms in total. The van der Waals surface area contributed by atoms with Crippen LogP contribution in [0.5, 0.6) is 0 Å². The van der Waals surface area contributed by atoms with Crippen LogP contribution in [-0.4, -0.2) is 32.2 Å². The van der Waals surface area contributed by atoms with Gasteiger partial charge in [0, 0.05) is 16.1 Å². The minimum absolute atomic E-state index is 0.322. The van der Waals surface area contributed by atoms with Crippen LogP contribution in [0.2, 0.25) is 0 Å². The normalized spacial score (nSPS) is 45.8. The first-order valence-electron chi connectivity index (χ1n) is 7.90. The predicted octanol–water partition coefficient (Wildman–Crippen LogP) is 4.92. The summed E-state index contributed by atoms with van der Waals surface area (Å²) in [5.41, 5.74) is 0.322. The maximum atomic E-state index is 4.06. The molecule has 0 aromatic heterocycles. The summed E-state index contributed by atoms with van der Waals surface area (Å²) in [4.78, 5) is 1.41. The SMILES string of the molecule is CC(C)(C)[C+]1CC(Br)CC2SC3CC(Br)CCC3NC12. The van der Waals surface area contributed by atoms with Crippen LogP contribution in [0.3, 0.4) is 0 Å². The van der Waals surface area contributed by atoms with Crippen molar-refractivity contribution in [1.29, 1.82) is 0 Å². The lowest BCUT2D eigenvalue weighted by molar-refractivity contribution is 0.249. The van der Waals surface area contributed by atoms with Crippen molar-refractivity contribution < 1.29 is 0 Å². The molecule has 3 rings (SSSR count). The summed E-state index contributed by atoms with van der Waals surface area (Å²) >= 11 is 10.0. The number of thioether (sulfide) groups is 1. The van der Waals surface area contributed by atoms with Crippen molar-refractivity contribution >= 4 is 43.6 Å². The van der Waals surface area contributed by atoms with Gasteiger partial charge in [-0.3, -0.25) is 5.32 Å². The third kappa shape index (κ3) is 3.23. The summed E-state index contributed by atoms with van der Waals surface area (Å²) in [6.07, 6.45) is 6.57. The fourth-order valence-electron chi connectivity index (χ4n) is 4.05. The van der Waals surface area contributed by atoms with Gasteiger partial charge in [0.15, 0.2) is 6.04 Å². The van der Waals surface area contributed by atoms with E-state index in [-0.39, 0.29) is 0 Å². The molecule has 1 heterocycles. The molecule has 114 valence electrons. The highest BCUT2D eigenvalue weighted by atomic mass is 79.9.